The summed E-state index contributed by atoms with van der Waals surface area (Å²) in [6.45, 7) is 10.8. The van der Waals surface area contributed by atoms with E-state index < -0.39 is 0 Å². The molecule has 0 aromatic carbocycles. The predicted molar refractivity (Wildman–Crippen MR) is 134 cm³/mol. The van der Waals surface area contributed by atoms with E-state index in [2.05, 4.69) is 52.0 Å². The van der Waals surface area contributed by atoms with Gasteiger partial charge in [0.15, 0.2) is 0 Å². The van der Waals surface area contributed by atoms with Crippen molar-refractivity contribution in [2.45, 2.75) is 91.9 Å². The minimum absolute atomic E-state index is 0. The van der Waals surface area contributed by atoms with Crippen molar-refractivity contribution in [3.63, 3.8) is 0 Å². The normalized spacial score (nSPS) is 13.1. The van der Waals surface area contributed by atoms with Crippen LogP contribution in [0.2, 0.25) is 0 Å². The van der Waals surface area contributed by atoms with Crippen LogP contribution in [0.5, 0.6) is 0 Å². The third-order valence-electron chi connectivity index (χ3n) is 4.31. The van der Waals surface area contributed by atoms with Crippen LogP contribution in [0.1, 0.15) is 91.9 Å². The molecule has 2 aliphatic carbocycles. The Labute approximate surface area is 207 Å². The third-order valence-corrected chi connectivity index (χ3v) is 4.31. The molecule has 0 amide bonds. The Kier molecular flexibility index (Phi) is 38.6. The molecule has 2 rings (SSSR count). The zero-order valence-electron chi connectivity index (χ0n) is 19.2. The van der Waals surface area contributed by atoms with E-state index in [0.29, 0.717) is 0 Å². The molecule has 28 heavy (non-hydrogen) atoms. The standard InChI is InChI=1S/2C11H17.2CH3.2ClH.H2Si.Zr/c2*1-3-5-6-11-8-7-10(4-2)9-11;;;;;;/h2*9H,3-6,8H2,1-2H3;2*1H3;2*1H;1H2;/q4*-1;;;;. The first-order chi connectivity index (χ1) is 11.7. The van der Waals surface area contributed by atoms with Crippen LogP contribution in [0.15, 0.2) is 34.4 Å². The van der Waals surface area contributed by atoms with Crippen molar-refractivity contribution in [2.75, 3.05) is 0 Å². The van der Waals surface area contributed by atoms with E-state index in [1.54, 1.807) is 34.5 Å². The molecule has 0 aromatic heterocycles. The van der Waals surface area contributed by atoms with Crippen LogP contribution in [0.4, 0.5) is 0 Å². The fourth-order valence-electron chi connectivity index (χ4n) is 2.73. The Hall–Kier alpha value is 0.640. The topological polar surface area (TPSA) is 0 Å². The van der Waals surface area contributed by atoms with Gasteiger partial charge >= 0.3 is 30.2 Å². The van der Waals surface area contributed by atoms with Crippen molar-refractivity contribution in [1.82, 2.24) is 0 Å². The average molecular weight is 523 g/mol. The first kappa shape index (κ1) is 39.2. The zero-order valence-corrected chi connectivity index (χ0v) is 24.8. The fourth-order valence-corrected chi connectivity index (χ4v) is 2.73. The van der Waals surface area contributed by atoms with Crippen molar-refractivity contribution in [1.29, 1.82) is 0 Å². The van der Waals surface area contributed by atoms with Gasteiger partial charge in [0.1, 0.15) is 0 Å². The van der Waals surface area contributed by atoms with Crippen LogP contribution >= 0.6 is 24.8 Å². The van der Waals surface area contributed by atoms with E-state index in [4.69, 9.17) is 0 Å². The van der Waals surface area contributed by atoms with Crippen LogP contribution < -0.4 is 0 Å². The molecule has 0 unspecified atom stereocenters. The molecule has 0 spiro atoms. The second kappa shape index (κ2) is 27.6. The van der Waals surface area contributed by atoms with Gasteiger partial charge < -0.3 is 14.9 Å². The van der Waals surface area contributed by atoms with Crippen LogP contribution in [-0.4, -0.2) is 6.88 Å². The van der Waals surface area contributed by atoms with Gasteiger partial charge in [-0.3, -0.25) is 12.2 Å². The monoisotopic (exact) mass is 520 g/mol. The molecule has 0 heterocycles. The van der Waals surface area contributed by atoms with Crippen molar-refractivity contribution in [3.8, 4) is 0 Å². The predicted octanol–water partition coefficient (Wildman–Crippen LogP) is 8.12. The van der Waals surface area contributed by atoms with Crippen LogP contribution in [0, 0.1) is 27.0 Å². The van der Waals surface area contributed by atoms with Gasteiger partial charge in [0, 0.05) is 0 Å². The Morgan fingerprint density at radius 2 is 1.07 bits per heavy atom. The molecular weight excluding hydrogens is 478 g/mol. The van der Waals surface area contributed by atoms with Gasteiger partial charge in [0.25, 0.3) is 0 Å². The van der Waals surface area contributed by atoms with E-state index >= 15 is 0 Å². The third kappa shape index (κ3) is 18.7. The Balaban J connectivity index is -0.000000102. The van der Waals surface area contributed by atoms with E-state index in [0.717, 1.165) is 25.7 Å². The minimum atomic E-state index is 0. The molecule has 0 nitrogen and oxygen atoms in total. The van der Waals surface area contributed by atoms with Gasteiger partial charge in [0.2, 0.25) is 0 Å². The summed E-state index contributed by atoms with van der Waals surface area (Å²) in [5, 5.41) is 0. The van der Waals surface area contributed by atoms with E-state index in [1.807, 2.05) is 6.88 Å². The quantitative estimate of drug-likeness (QED) is 0.223. The zero-order chi connectivity index (χ0) is 18.2. The maximum atomic E-state index is 3.39. The molecule has 0 fully saturated rings. The molecule has 0 saturated heterocycles. The first-order valence-electron chi connectivity index (χ1n) is 9.67. The summed E-state index contributed by atoms with van der Waals surface area (Å²) in [5.74, 6) is 0. The van der Waals surface area contributed by atoms with Gasteiger partial charge in [-0.2, -0.15) is 11.1 Å². The summed E-state index contributed by atoms with van der Waals surface area (Å²) < 4.78 is 0. The molecule has 4 heteroatoms. The van der Waals surface area contributed by atoms with E-state index in [-0.39, 0.29) is 39.7 Å². The Morgan fingerprint density at radius 1 is 0.750 bits per heavy atom. The molecule has 166 valence electrons. The Bertz CT molecular complexity index is 423. The molecule has 0 N–H and O–H groups in total. The molecule has 0 aromatic rings. The number of unbranched alkanes of at least 4 members (excludes halogenated alkanes) is 2. The number of allylic oxidation sites excluding steroid dienone is 8. The summed E-state index contributed by atoms with van der Waals surface area (Å²) in [5.41, 5.74) is 6.00. The van der Waals surface area contributed by atoms with Crippen molar-refractivity contribution < 1.29 is 23.3 Å². The fraction of sp³-hybridized carbons (Fsp3) is 0.583. The van der Waals surface area contributed by atoms with Gasteiger partial charge in [-0.05, 0) is 12.8 Å². The molecule has 2 aliphatic rings. The molecular formula is C24H44Cl2SiZr-4. The second-order valence-electron chi connectivity index (χ2n) is 6.28. The summed E-state index contributed by atoms with van der Waals surface area (Å²) in [6, 6.07) is 0. The summed E-state index contributed by atoms with van der Waals surface area (Å²) in [4.78, 5) is 0. The maximum absolute atomic E-state index is 3.39. The molecule has 0 atom stereocenters. The number of rotatable bonds is 8. The number of hydrogen-bond donors (Lipinski definition) is 0. The van der Waals surface area contributed by atoms with Gasteiger partial charge in [0.05, 0.1) is 0 Å². The van der Waals surface area contributed by atoms with E-state index in [9.17, 15) is 0 Å². The van der Waals surface area contributed by atoms with Crippen LogP contribution in [0.25, 0.3) is 0 Å². The van der Waals surface area contributed by atoms with Gasteiger partial charge in [-0.25, -0.2) is 23.3 Å². The number of halogens is 2. The van der Waals surface area contributed by atoms with Crippen molar-refractivity contribution in [3.05, 3.63) is 61.4 Å². The van der Waals surface area contributed by atoms with Crippen molar-refractivity contribution >= 4 is 31.7 Å². The molecule has 0 bridgehead atoms. The van der Waals surface area contributed by atoms with Crippen LogP contribution in [0.3, 0.4) is 0 Å². The SMILES string of the molecule is CCCCC1=CC(CC)=[C-]C1.CCCCC1=CC(CC)=[C-]C1.Cl.Cl.[CH3-].[CH3-].[SiH2]=[Zr]. The number of hydrogen-bond acceptors (Lipinski definition) is 0. The molecule has 0 saturated carbocycles. The van der Waals surface area contributed by atoms with Crippen molar-refractivity contribution in [2.24, 2.45) is 0 Å². The molecule has 0 aliphatic heterocycles. The van der Waals surface area contributed by atoms with Crippen LogP contribution in [-0.2, 0) is 23.3 Å². The van der Waals surface area contributed by atoms with Gasteiger partial charge in [-0.15, -0.1) is 37.7 Å². The first-order valence-corrected chi connectivity index (χ1v) is 15.6. The summed E-state index contributed by atoms with van der Waals surface area (Å²) in [7, 11) is 0. The summed E-state index contributed by atoms with van der Waals surface area (Å²) >= 11 is 1.58. The average Bonchev–Trinajstić information content (AvgIpc) is 3.29. The molecule has 0 radical (unpaired) electrons. The summed E-state index contributed by atoms with van der Waals surface area (Å²) in [6.07, 6.45) is 23.8. The van der Waals surface area contributed by atoms with E-state index in [1.165, 1.54) is 49.7 Å². The second-order valence-corrected chi connectivity index (χ2v) is 6.28. The Morgan fingerprint density at radius 3 is 1.29 bits per heavy atom. The van der Waals surface area contributed by atoms with Gasteiger partial charge in [-0.1, -0.05) is 66.2 Å².